The van der Waals surface area contributed by atoms with Crippen molar-refractivity contribution in [2.45, 2.75) is 20.3 Å². The van der Waals surface area contributed by atoms with Gasteiger partial charge >= 0.3 is 6.03 Å². The molecule has 0 unspecified atom stereocenters. The van der Waals surface area contributed by atoms with Gasteiger partial charge in [-0.15, -0.1) is 0 Å². The van der Waals surface area contributed by atoms with Gasteiger partial charge < -0.3 is 14.8 Å². The third-order valence-corrected chi connectivity index (χ3v) is 3.70. The Kier molecular flexibility index (Phi) is 7.49. The summed E-state index contributed by atoms with van der Waals surface area (Å²) in [7, 11) is 1.51. The smallest absolute Gasteiger partial charge is 0.337 e. The fraction of sp³-hybridized carbons (Fsp3) is 0.300. The molecule has 0 aromatic heterocycles. The van der Waals surface area contributed by atoms with Crippen LogP contribution in [0.4, 0.5) is 10.5 Å². The van der Waals surface area contributed by atoms with E-state index in [0.29, 0.717) is 35.3 Å². The molecule has 0 aliphatic carbocycles. The van der Waals surface area contributed by atoms with Crippen LogP contribution in [0.5, 0.6) is 11.5 Å². The summed E-state index contributed by atoms with van der Waals surface area (Å²) in [4.78, 5) is 24.1. The number of hydrazine groups is 1. The number of hydrogen-bond donors (Lipinski definition) is 3. The quantitative estimate of drug-likeness (QED) is 0.649. The number of urea groups is 1. The molecule has 0 spiro atoms. The summed E-state index contributed by atoms with van der Waals surface area (Å²) in [5.74, 6) is 1.10. The number of benzene rings is 2. The molecule has 144 valence electrons. The van der Waals surface area contributed by atoms with E-state index in [1.54, 1.807) is 42.5 Å². The van der Waals surface area contributed by atoms with Crippen molar-refractivity contribution in [2.75, 3.05) is 19.0 Å². The molecule has 2 rings (SSSR count). The summed E-state index contributed by atoms with van der Waals surface area (Å²) in [6.07, 6.45) is 0.922. The molecule has 0 saturated heterocycles. The second kappa shape index (κ2) is 10.1. The van der Waals surface area contributed by atoms with Gasteiger partial charge in [-0.25, -0.2) is 10.2 Å². The Labute approximate surface area is 159 Å². The average Bonchev–Trinajstić information content (AvgIpc) is 2.66. The van der Waals surface area contributed by atoms with Crippen molar-refractivity contribution in [3.63, 3.8) is 0 Å². The van der Waals surface area contributed by atoms with Crippen LogP contribution in [0.15, 0.2) is 48.5 Å². The Hall–Kier alpha value is -3.22. The minimum atomic E-state index is -0.546. The van der Waals surface area contributed by atoms with Gasteiger partial charge in [-0.3, -0.25) is 10.2 Å². The minimum absolute atomic E-state index is 0.336. The van der Waals surface area contributed by atoms with Gasteiger partial charge in [-0.05, 0) is 42.7 Å². The van der Waals surface area contributed by atoms with E-state index < -0.39 is 11.9 Å². The second-order valence-electron chi connectivity index (χ2n) is 6.30. The molecule has 7 nitrogen and oxygen atoms in total. The van der Waals surface area contributed by atoms with E-state index in [2.05, 4.69) is 30.0 Å². The molecule has 0 saturated carbocycles. The summed E-state index contributed by atoms with van der Waals surface area (Å²) < 4.78 is 11.0. The Balaban J connectivity index is 1.90. The lowest BCUT2D eigenvalue weighted by Gasteiger charge is -2.13. The highest BCUT2D eigenvalue weighted by Crippen LogP contribution is 2.28. The van der Waals surface area contributed by atoms with E-state index in [1.165, 1.54) is 7.11 Å². The summed E-state index contributed by atoms with van der Waals surface area (Å²) in [5.41, 5.74) is 5.61. The molecule has 0 radical (unpaired) electrons. The number of ether oxygens (including phenoxy) is 2. The first-order valence-electron chi connectivity index (χ1n) is 8.73. The first-order chi connectivity index (χ1) is 13.0. The fourth-order valence-electron chi connectivity index (χ4n) is 2.20. The topological polar surface area (TPSA) is 88.7 Å². The van der Waals surface area contributed by atoms with E-state index in [9.17, 15) is 9.59 Å². The number of nitrogens with one attached hydrogen (secondary N) is 3. The number of amides is 3. The zero-order valence-corrected chi connectivity index (χ0v) is 15.7. The van der Waals surface area contributed by atoms with Crippen molar-refractivity contribution >= 4 is 17.6 Å². The molecular weight excluding hydrogens is 346 g/mol. The van der Waals surface area contributed by atoms with Gasteiger partial charge in [0.15, 0.2) is 11.5 Å². The van der Waals surface area contributed by atoms with Crippen molar-refractivity contribution in [3.8, 4) is 11.5 Å². The van der Waals surface area contributed by atoms with Crippen LogP contribution in [-0.4, -0.2) is 25.7 Å². The van der Waals surface area contributed by atoms with Gasteiger partial charge in [-0.2, -0.15) is 0 Å². The highest BCUT2D eigenvalue weighted by molar-refractivity contribution is 5.97. The van der Waals surface area contributed by atoms with Gasteiger partial charge in [0.05, 0.1) is 13.7 Å². The zero-order valence-electron chi connectivity index (χ0n) is 15.7. The van der Waals surface area contributed by atoms with Crippen LogP contribution in [0.25, 0.3) is 0 Å². The minimum Gasteiger partial charge on any atom is -0.493 e. The summed E-state index contributed by atoms with van der Waals surface area (Å²) in [6.45, 7) is 4.81. The number of carbonyl (C=O) groups is 2. The van der Waals surface area contributed by atoms with Crippen molar-refractivity contribution in [2.24, 2.45) is 5.92 Å². The van der Waals surface area contributed by atoms with Gasteiger partial charge in [0, 0.05) is 11.3 Å². The average molecular weight is 371 g/mol. The van der Waals surface area contributed by atoms with Crippen LogP contribution in [-0.2, 0) is 0 Å². The molecule has 0 fully saturated rings. The van der Waals surface area contributed by atoms with Crippen LogP contribution in [0.1, 0.15) is 30.6 Å². The maximum absolute atomic E-state index is 12.2. The molecule has 0 aliphatic heterocycles. The van der Waals surface area contributed by atoms with Gasteiger partial charge in [0.25, 0.3) is 5.91 Å². The molecule has 0 bridgehead atoms. The Morgan fingerprint density at radius 2 is 1.74 bits per heavy atom. The highest BCUT2D eigenvalue weighted by atomic mass is 16.5. The third kappa shape index (κ3) is 6.54. The molecular formula is C20H25N3O4. The number of rotatable bonds is 7. The number of para-hydroxylation sites is 1. The SMILES string of the molecule is COc1cc(C(=O)NNC(=O)Nc2ccccc2)ccc1OCCC(C)C. The predicted molar refractivity (Wildman–Crippen MR) is 104 cm³/mol. The van der Waals surface area contributed by atoms with Gasteiger partial charge in [0.2, 0.25) is 0 Å². The van der Waals surface area contributed by atoms with E-state index >= 15 is 0 Å². The molecule has 27 heavy (non-hydrogen) atoms. The Bertz CT molecular complexity index is 763. The lowest BCUT2D eigenvalue weighted by atomic mass is 10.1. The maximum atomic E-state index is 12.2. The first kappa shape index (κ1) is 20.1. The monoisotopic (exact) mass is 371 g/mol. The Morgan fingerprint density at radius 3 is 2.41 bits per heavy atom. The standard InChI is InChI=1S/C20H25N3O4/c1-14(2)11-12-27-17-10-9-15(13-18(17)26-3)19(24)22-23-20(25)21-16-7-5-4-6-8-16/h4-10,13-14H,11-12H2,1-3H3,(H,22,24)(H2,21,23,25). The molecule has 3 amide bonds. The van der Waals surface area contributed by atoms with Crippen LogP contribution in [0.3, 0.4) is 0 Å². The van der Waals surface area contributed by atoms with Crippen LogP contribution in [0.2, 0.25) is 0 Å². The number of carbonyl (C=O) groups excluding carboxylic acids is 2. The molecule has 0 atom stereocenters. The number of hydrogen-bond acceptors (Lipinski definition) is 4. The van der Waals surface area contributed by atoms with E-state index in [0.717, 1.165) is 6.42 Å². The largest absolute Gasteiger partial charge is 0.493 e. The molecule has 0 aliphatic rings. The zero-order chi connectivity index (χ0) is 19.6. The van der Waals surface area contributed by atoms with Crippen LogP contribution < -0.4 is 25.6 Å². The molecule has 2 aromatic carbocycles. The van der Waals surface area contributed by atoms with Gasteiger partial charge in [-0.1, -0.05) is 32.0 Å². The number of anilines is 1. The predicted octanol–water partition coefficient (Wildman–Crippen LogP) is 3.59. The maximum Gasteiger partial charge on any atom is 0.337 e. The molecule has 3 N–H and O–H groups in total. The van der Waals surface area contributed by atoms with Crippen LogP contribution in [0, 0.1) is 5.92 Å². The molecule has 7 heteroatoms. The van der Waals surface area contributed by atoms with E-state index in [1.807, 2.05) is 6.07 Å². The lowest BCUT2D eigenvalue weighted by Crippen LogP contribution is -2.43. The third-order valence-electron chi connectivity index (χ3n) is 3.70. The Morgan fingerprint density at radius 1 is 1.00 bits per heavy atom. The van der Waals surface area contributed by atoms with Crippen LogP contribution >= 0.6 is 0 Å². The fourth-order valence-corrected chi connectivity index (χ4v) is 2.20. The normalized spacial score (nSPS) is 10.2. The van der Waals surface area contributed by atoms with E-state index in [4.69, 9.17) is 9.47 Å². The summed E-state index contributed by atoms with van der Waals surface area (Å²) >= 11 is 0. The van der Waals surface area contributed by atoms with Crippen molar-refractivity contribution in [3.05, 3.63) is 54.1 Å². The number of methoxy groups -OCH3 is 1. The summed E-state index contributed by atoms with van der Waals surface area (Å²) in [5, 5.41) is 2.60. The van der Waals surface area contributed by atoms with Crippen molar-refractivity contribution in [1.29, 1.82) is 0 Å². The van der Waals surface area contributed by atoms with E-state index in [-0.39, 0.29) is 0 Å². The lowest BCUT2D eigenvalue weighted by molar-refractivity contribution is 0.0937. The highest BCUT2D eigenvalue weighted by Gasteiger charge is 2.12. The first-order valence-corrected chi connectivity index (χ1v) is 8.73. The van der Waals surface area contributed by atoms with Crippen molar-refractivity contribution < 1.29 is 19.1 Å². The second-order valence-corrected chi connectivity index (χ2v) is 6.30. The van der Waals surface area contributed by atoms with Crippen molar-refractivity contribution in [1.82, 2.24) is 10.9 Å². The summed E-state index contributed by atoms with van der Waals surface area (Å²) in [6, 6.07) is 13.2. The van der Waals surface area contributed by atoms with Gasteiger partial charge in [0.1, 0.15) is 0 Å². The molecule has 0 heterocycles. The molecule has 2 aromatic rings.